The van der Waals surface area contributed by atoms with Gasteiger partial charge in [0.2, 0.25) is 0 Å². The largest absolute Gasteiger partial charge is 0.494 e. The second kappa shape index (κ2) is 10.7. The topological polar surface area (TPSA) is 82.0 Å². The number of H-pyrrole nitrogens is 1. The molecule has 1 saturated carbocycles. The predicted octanol–water partition coefficient (Wildman–Crippen LogP) is 5.52. The summed E-state index contributed by atoms with van der Waals surface area (Å²) in [5.74, 6) is 0.415. The van der Waals surface area contributed by atoms with Crippen LogP contribution in [0.15, 0.2) is 36.8 Å². The number of rotatable bonds is 9. The van der Waals surface area contributed by atoms with Crippen molar-refractivity contribution in [3.8, 4) is 5.75 Å². The molecule has 1 aliphatic rings. The van der Waals surface area contributed by atoms with E-state index in [1.165, 1.54) is 6.42 Å². The summed E-state index contributed by atoms with van der Waals surface area (Å²) in [4.78, 5) is 17.9. The summed E-state index contributed by atoms with van der Waals surface area (Å²) in [6.45, 7) is 2.81. The van der Waals surface area contributed by atoms with E-state index >= 15 is 0 Å². The first kappa shape index (κ1) is 22.5. The van der Waals surface area contributed by atoms with Crippen LogP contribution in [0.25, 0.3) is 11.0 Å². The van der Waals surface area contributed by atoms with Crippen LogP contribution in [0.3, 0.4) is 0 Å². The molecule has 170 valence electrons. The van der Waals surface area contributed by atoms with E-state index in [9.17, 15) is 4.79 Å². The molecule has 2 aromatic heterocycles. The number of hydrogen-bond acceptors (Lipinski definition) is 6. The van der Waals surface area contributed by atoms with Gasteiger partial charge < -0.3 is 14.0 Å². The number of aromatic amines is 1. The monoisotopic (exact) mass is 454 g/mol. The Labute approximate surface area is 193 Å². The average Bonchev–Trinajstić information content (AvgIpc) is 3.29. The molecule has 0 bridgehead atoms. The normalized spacial score (nSPS) is 15.5. The number of hydrogen-bond donors (Lipinski definition) is 1. The Bertz CT molecular complexity index is 1100. The van der Waals surface area contributed by atoms with E-state index in [1.54, 1.807) is 17.1 Å². The molecular formula is C24H30N4O3S. The van der Waals surface area contributed by atoms with Crippen molar-refractivity contribution in [1.29, 1.82) is 0 Å². The number of nitrogens with one attached hydrogen (secondary N) is 1. The van der Waals surface area contributed by atoms with Crippen molar-refractivity contribution in [1.82, 2.24) is 19.7 Å². The van der Waals surface area contributed by atoms with Crippen LogP contribution in [-0.2, 0) is 9.53 Å². The Morgan fingerprint density at radius 1 is 1.28 bits per heavy atom. The Balaban J connectivity index is 1.66. The lowest BCUT2D eigenvalue weighted by Gasteiger charge is -2.26. The van der Waals surface area contributed by atoms with Gasteiger partial charge in [-0.15, -0.1) is 0 Å². The van der Waals surface area contributed by atoms with Crippen LogP contribution in [0.1, 0.15) is 69.9 Å². The van der Waals surface area contributed by atoms with Gasteiger partial charge in [-0.2, -0.15) is 5.10 Å². The van der Waals surface area contributed by atoms with Crippen molar-refractivity contribution < 1.29 is 14.3 Å². The van der Waals surface area contributed by atoms with Crippen molar-refractivity contribution in [2.45, 2.75) is 70.4 Å². The minimum Gasteiger partial charge on any atom is -0.494 e. The van der Waals surface area contributed by atoms with E-state index in [1.807, 2.05) is 24.3 Å². The number of fused-ring (bicyclic) bond motifs is 1. The number of aromatic nitrogens is 4. The molecule has 3 aromatic rings. The zero-order chi connectivity index (χ0) is 22.3. The van der Waals surface area contributed by atoms with Gasteiger partial charge in [-0.3, -0.25) is 5.10 Å². The molecule has 0 saturated heterocycles. The van der Waals surface area contributed by atoms with Gasteiger partial charge in [-0.25, -0.2) is 9.78 Å². The molecule has 1 aromatic carbocycles. The van der Waals surface area contributed by atoms with E-state index in [4.69, 9.17) is 21.7 Å². The summed E-state index contributed by atoms with van der Waals surface area (Å²) in [6, 6.07) is 6.89. The lowest BCUT2D eigenvalue weighted by molar-refractivity contribution is -0.153. The smallest absolute Gasteiger partial charge is 0.334 e. The molecule has 1 unspecified atom stereocenters. The first-order valence-corrected chi connectivity index (χ1v) is 11.9. The molecule has 1 aliphatic carbocycles. The molecule has 1 N–H and O–H groups in total. The SMILES string of the molecule is CCCCCOc1cccc(C(C(=O)OC2CCCCC2)n2cnc3[nH]ncc3c2=S)c1. The maximum atomic E-state index is 13.5. The van der Waals surface area contributed by atoms with Gasteiger partial charge in [0, 0.05) is 0 Å². The minimum atomic E-state index is -0.740. The Kier molecular flexibility index (Phi) is 7.52. The number of carbonyl (C=O) groups excluding carboxylic acids is 1. The quantitative estimate of drug-likeness (QED) is 0.260. The summed E-state index contributed by atoms with van der Waals surface area (Å²) in [6.07, 6.45) is 11.6. The van der Waals surface area contributed by atoms with Crippen LogP contribution in [0.2, 0.25) is 0 Å². The fourth-order valence-electron chi connectivity index (χ4n) is 4.17. The van der Waals surface area contributed by atoms with E-state index in [0.29, 0.717) is 22.3 Å². The van der Waals surface area contributed by atoms with Crippen LogP contribution in [-0.4, -0.2) is 38.4 Å². The summed E-state index contributed by atoms with van der Waals surface area (Å²) in [5, 5.41) is 7.56. The summed E-state index contributed by atoms with van der Waals surface area (Å²) in [5.41, 5.74) is 1.36. The third kappa shape index (κ3) is 5.18. The highest BCUT2D eigenvalue weighted by Gasteiger charge is 2.29. The molecule has 1 fully saturated rings. The molecule has 0 amide bonds. The van der Waals surface area contributed by atoms with Gasteiger partial charge in [0.15, 0.2) is 11.7 Å². The summed E-state index contributed by atoms with van der Waals surface area (Å²) in [7, 11) is 0. The predicted molar refractivity (Wildman–Crippen MR) is 125 cm³/mol. The number of carbonyl (C=O) groups is 1. The van der Waals surface area contributed by atoms with Crippen LogP contribution < -0.4 is 4.74 Å². The first-order valence-electron chi connectivity index (χ1n) is 11.5. The fourth-order valence-corrected chi connectivity index (χ4v) is 4.47. The maximum Gasteiger partial charge on any atom is 0.334 e. The van der Waals surface area contributed by atoms with Crippen molar-refractivity contribution in [3.05, 3.63) is 47.0 Å². The Morgan fingerprint density at radius 3 is 2.94 bits per heavy atom. The van der Waals surface area contributed by atoms with Crippen molar-refractivity contribution >= 4 is 29.2 Å². The van der Waals surface area contributed by atoms with Crippen LogP contribution in [0, 0.1) is 4.64 Å². The van der Waals surface area contributed by atoms with Crippen molar-refractivity contribution in [3.63, 3.8) is 0 Å². The third-order valence-corrected chi connectivity index (χ3v) is 6.35. The maximum absolute atomic E-state index is 13.5. The van der Waals surface area contributed by atoms with Gasteiger partial charge >= 0.3 is 5.97 Å². The number of esters is 1. The van der Waals surface area contributed by atoms with Crippen molar-refractivity contribution in [2.24, 2.45) is 0 Å². The molecule has 0 aliphatic heterocycles. The molecule has 0 radical (unpaired) electrons. The van der Waals surface area contributed by atoms with Crippen LogP contribution in [0.5, 0.6) is 5.75 Å². The highest BCUT2D eigenvalue weighted by molar-refractivity contribution is 7.71. The van der Waals surface area contributed by atoms with Crippen LogP contribution >= 0.6 is 12.2 Å². The number of unbranched alkanes of at least 4 members (excludes halogenated alkanes) is 2. The Hall–Kier alpha value is -2.74. The van der Waals surface area contributed by atoms with E-state index < -0.39 is 6.04 Å². The molecule has 1 atom stereocenters. The van der Waals surface area contributed by atoms with E-state index in [2.05, 4.69) is 22.1 Å². The lowest BCUT2D eigenvalue weighted by atomic mass is 9.97. The first-order chi connectivity index (χ1) is 15.7. The standard InChI is InChI=1S/C24H30N4O3S/c1-2-3-7-13-30-19-12-8-9-17(14-19)21(24(29)31-18-10-5-4-6-11-18)28-16-25-22-20(23(28)32)15-26-27-22/h8-9,12,14-16,18,21H,2-7,10-11,13H2,1H3,(H,26,27). The highest BCUT2D eigenvalue weighted by atomic mass is 32.1. The van der Waals surface area contributed by atoms with Gasteiger partial charge in [0.1, 0.15) is 16.5 Å². The molecule has 7 nitrogen and oxygen atoms in total. The second-order valence-corrected chi connectivity index (χ2v) is 8.70. The van der Waals surface area contributed by atoms with Gasteiger partial charge in [-0.05, 0) is 49.8 Å². The molecule has 8 heteroatoms. The van der Waals surface area contributed by atoms with Gasteiger partial charge in [-0.1, -0.05) is 50.5 Å². The van der Waals surface area contributed by atoms with Gasteiger partial charge in [0.05, 0.1) is 24.5 Å². The summed E-state index contributed by atoms with van der Waals surface area (Å²) < 4.78 is 14.1. The van der Waals surface area contributed by atoms with E-state index in [0.717, 1.165) is 56.3 Å². The lowest BCUT2D eigenvalue weighted by Crippen LogP contribution is -2.29. The second-order valence-electron chi connectivity index (χ2n) is 8.32. The zero-order valence-electron chi connectivity index (χ0n) is 18.5. The number of nitrogens with zero attached hydrogens (tertiary/aromatic N) is 3. The van der Waals surface area contributed by atoms with E-state index in [-0.39, 0.29) is 12.1 Å². The van der Waals surface area contributed by atoms with Gasteiger partial charge in [0.25, 0.3) is 0 Å². The van der Waals surface area contributed by atoms with Crippen molar-refractivity contribution in [2.75, 3.05) is 6.61 Å². The third-order valence-electron chi connectivity index (χ3n) is 5.92. The van der Waals surface area contributed by atoms with Crippen LogP contribution in [0.4, 0.5) is 0 Å². The molecule has 4 rings (SSSR count). The summed E-state index contributed by atoms with van der Waals surface area (Å²) >= 11 is 5.70. The molecule has 2 heterocycles. The molecule has 32 heavy (non-hydrogen) atoms. The molecule has 0 spiro atoms. The minimum absolute atomic E-state index is 0.0491. The highest BCUT2D eigenvalue weighted by Crippen LogP contribution is 2.28. The number of benzene rings is 1. The number of ether oxygens (including phenoxy) is 2. The zero-order valence-corrected chi connectivity index (χ0v) is 19.3. The fraction of sp³-hybridized carbons (Fsp3) is 0.500. The Morgan fingerprint density at radius 2 is 2.12 bits per heavy atom. The molecular weight excluding hydrogens is 424 g/mol. The average molecular weight is 455 g/mol.